The SMILES string of the molecule is N#CCCN(CCC#N)C(=O)CN1CC(O)(C2CC2)C1. The summed E-state index contributed by atoms with van der Waals surface area (Å²) < 4.78 is 0. The Hall–Kier alpha value is -1.63. The summed E-state index contributed by atoms with van der Waals surface area (Å²) in [5.74, 6) is 0.357. The van der Waals surface area contributed by atoms with Gasteiger partial charge in [0.25, 0.3) is 0 Å². The Bertz CT molecular complexity index is 423. The standard InChI is InChI=1S/C14H20N4O2/c15-5-1-7-18(8-2-6-16)13(19)9-17-10-14(20,11-17)12-3-4-12/h12,20H,1-4,7-11H2. The predicted octanol–water partition coefficient (Wildman–Crippen LogP) is 0.0991. The molecule has 1 aliphatic carbocycles. The van der Waals surface area contributed by atoms with Crippen LogP contribution in [0.25, 0.3) is 0 Å². The van der Waals surface area contributed by atoms with Crippen molar-refractivity contribution in [1.82, 2.24) is 9.80 Å². The van der Waals surface area contributed by atoms with Gasteiger partial charge >= 0.3 is 0 Å². The lowest BCUT2D eigenvalue weighted by atomic mass is 9.89. The van der Waals surface area contributed by atoms with E-state index < -0.39 is 5.60 Å². The third-order valence-electron chi connectivity index (χ3n) is 4.03. The van der Waals surface area contributed by atoms with E-state index in [-0.39, 0.29) is 25.3 Å². The number of aliphatic hydroxyl groups is 1. The Kier molecular flexibility index (Phi) is 4.59. The Balaban J connectivity index is 1.77. The number of nitrogens with zero attached hydrogens (tertiary/aromatic N) is 4. The highest BCUT2D eigenvalue weighted by atomic mass is 16.3. The van der Waals surface area contributed by atoms with Gasteiger partial charge in [0, 0.05) is 26.2 Å². The van der Waals surface area contributed by atoms with Gasteiger partial charge in [0.15, 0.2) is 0 Å². The summed E-state index contributed by atoms with van der Waals surface area (Å²) in [7, 11) is 0. The summed E-state index contributed by atoms with van der Waals surface area (Å²) >= 11 is 0. The molecule has 108 valence electrons. The quantitative estimate of drug-likeness (QED) is 0.712. The monoisotopic (exact) mass is 276 g/mol. The smallest absolute Gasteiger partial charge is 0.236 e. The van der Waals surface area contributed by atoms with Crippen LogP contribution in [0.4, 0.5) is 0 Å². The van der Waals surface area contributed by atoms with Crippen molar-refractivity contribution in [2.75, 3.05) is 32.7 Å². The summed E-state index contributed by atoms with van der Waals surface area (Å²) in [6.45, 7) is 2.14. The van der Waals surface area contributed by atoms with Crippen LogP contribution in [-0.2, 0) is 4.79 Å². The van der Waals surface area contributed by atoms with Crippen LogP contribution >= 0.6 is 0 Å². The van der Waals surface area contributed by atoms with Crippen molar-refractivity contribution in [3.8, 4) is 12.1 Å². The van der Waals surface area contributed by atoms with Crippen molar-refractivity contribution in [2.24, 2.45) is 5.92 Å². The highest BCUT2D eigenvalue weighted by Crippen LogP contribution is 2.44. The normalized spacial score (nSPS) is 20.6. The molecule has 2 rings (SSSR count). The average molecular weight is 276 g/mol. The minimum atomic E-state index is -0.579. The first-order chi connectivity index (χ1) is 9.59. The van der Waals surface area contributed by atoms with E-state index in [0.29, 0.717) is 32.1 Å². The van der Waals surface area contributed by atoms with E-state index in [2.05, 4.69) is 0 Å². The molecule has 1 saturated heterocycles. The second kappa shape index (κ2) is 6.21. The molecule has 0 atom stereocenters. The van der Waals surface area contributed by atoms with Gasteiger partial charge in [0.2, 0.25) is 5.91 Å². The van der Waals surface area contributed by atoms with Crippen molar-refractivity contribution in [3.63, 3.8) is 0 Å². The fraction of sp³-hybridized carbons (Fsp3) is 0.786. The van der Waals surface area contributed by atoms with E-state index in [4.69, 9.17) is 10.5 Å². The van der Waals surface area contributed by atoms with Gasteiger partial charge in [-0.3, -0.25) is 9.69 Å². The van der Waals surface area contributed by atoms with Crippen LogP contribution in [0, 0.1) is 28.6 Å². The van der Waals surface area contributed by atoms with Crippen molar-refractivity contribution in [3.05, 3.63) is 0 Å². The molecule has 1 N–H and O–H groups in total. The molecule has 1 amide bonds. The first kappa shape index (κ1) is 14.8. The van der Waals surface area contributed by atoms with E-state index in [1.165, 1.54) is 0 Å². The molecule has 0 aromatic heterocycles. The molecule has 6 heteroatoms. The molecule has 2 fully saturated rings. The largest absolute Gasteiger partial charge is 0.387 e. The number of β-amino-alcohol motifs (C(OH)–C–C–N with tert-alkyl or cyclic N) is 1. The topological polar surface area (TPSA) is 91.4 Å². The number of carbonyl (C=O) groups excluding carboxylic acids is 1. The molecule has 2 aliphatic rings. The first-order valence-electron chi connectivity index (χ1n) is 7.05. The Morgan fingerprint density at radius 1 is 1.25 bits per heavy atom. The van der Waals surface area contributed by atoms with E-state index in [0.717, 1.165) is 12.8 Å². The zero-order valence-electron chi connectivity index (χ0n) is 11.6. The highest BCUT2D eigenvalue weighted by molar-refractivity contribution is 5.78. The molecule has 1 saturated carbocycles. The molecule has 0 spiro atoms. The number of likely N-dealkylation sites (tertiary alicyclic amines) is 1. The maximum atomic E-state index is 12.1. The molecule has 1 aliphatic heterocycles. The second-order valence-corrected chi connectivity index (χ2v) is 5.72. The van der Waals surface area contributed by atoms with Gasteiger partial charge in [-0.1, -0.05) is 0 Å². The van der Waals surface area contributed by atoms with Gasteiger partial charge < -0.3 is 10.0 Å². The number of amides is 1. The molecular weight excluding hydrogens is 256 g/mol. The van der Waals surface area contributed by atoms with Crippen LogP contribution < -0.4 is 0 Å². The van der Waals surface area contributed by atoms with Crippen molar-refractivity contribution in [2.45, 2.75) is 31.3 Å². The second-order valence-electron chi connectivity index (χ2n) is 5.72. The lowest BCUT2D eigenvalue weighted by Gasteiger charge is -2.47. The minimum Gasteiger partial charge on any atom is -0.387 e. The highest BCUT2D eigenvalue weighted by Gasteiger charge is 2.52. The number of hydrogen-bond donors (Lipinski definition) is 1. The maximum Gasteiger partial charge on any atom is 0.236 e. The van der Waals surface area contributed by atoms with Crippen LogP contribution in [0.15, 0.2) is 0 Å². The van der Waals surface area contributed by atoms with Gasteiger partial charge in [0.05, 0.1) is 37.1 Å². The fourth-order valence-electron chi connectivity index (χ4n) is 2.74. The zero-order valence-corrected chi connectivity index (χ0v) is 11.6. The molecule has 0 aromatic rings. The van der Waals surface area contributed by atoms with E-state index >= 15 is 0 Å². The van der Waals surface area contributed by atoms with E-state index in [1.807, 2.05) is 17.0 Å². The lowest BCUT2D eigenvalue weighted by Crippen LogP contribution is -2.64. The van der Waals surface area contributed by atoms with Gasteiger partial charge in [-0.2, -0.15) is 10.5 Å². The van der Waals surface area contributed by atoms with E-state index in [9.17, 15) is 9.90 Å². The van der Waals surface area contributed by atoms with Crippen molar-refractivity contribution in [1.29, 1.82) is 10.5 Å². The Labute approximate surface area is 119 Å². The molecule has 1 heterocycles. The van der Waals surface area contributed by atoms with Crippen LogP contribution in [0.3, 0.4) is 0 Å². The third kappa shape index (κ3) is 3.47. The van der Waals surface area contributed by atoms with E-state index in [1.54, 1.807) is 4.90 Å². The van der Waals surface area contributed by atoms with Gasteiger partial charge in [-0.15, -0.1) is 0 Å². The zero-order chi connectivity index (χ0) is 14.6. The maximum absolute atomic E-state index is 12.1. The average Bonchev–Trinajstić information content (AvgIpc) is 3.21. The first-order valence-corrected chi connectivity index (χ1v) is 7.05. The third-order valence-corrected chi connectivity index (χ3v) is 4.03. The molecular formula is C14H20N4O2. The fourth-order valence-corrected chi connectivity index (χ4v) is 2.74. The van der Waals surface area contributed by atoms with Gasteiger partial charge in [0.1, 0.15) is 0 Å². The summed E-state index contributed by atoms with van der Waals surface area (Å²) in [6, 6.07) is 4.03. The Morgan fingerprint density at radius 3 is 2.25 bits per heavy atom. The summed E-state index contributed by atoms with van der Waals surface area (Å²) in [5, 5.41) is 27.4. The van der Waals surface area contributed by atoms with Crippen molar-refractivity contribution < 1.29 is 9.90 Å². The molecule has 6 nitrogen and oxygen atoms in total. The molecule has 0 unspecified atom stereocenters. The number of rotatable bonds is 7. The summed E-state index contributed by atoms with van der Waals surface area (Å²) in [4.78, 5) is 15.6. The van der Waals surface area contributed by atoms with Crippen LogP contribution in [0.2, 0.25) is 0 Å². The van der Waals surface area contributed by atoms with Crippen LogP contribution in [0.5, 0.6) is 0 Å². The van der Waals surface area contributed by atoms with Crippen molar-refractivity contribution >= 4 is 5.91 Å². The molecule has 0 radical (unpaired) electrons. The number of nitriles is 2. The van der Waals surface area contributed by atoms with Gasteiger partial charge in [-0.05, 0) is 18.8 Å². The molecule has 20 heavy (non-hydrogen) atoms. The lowest BCUT2D eigenvalue weighted by molar-refractivity contribution is -0.144. The number of hydrogen-bond acceptors (Lipinski definition) is 5. The Morgan fingerprint density at radius 2 is 1.80 bits per heavy atom. The van der Waals surface area contributed by atoms with Gasteiger partial charge in [-0.25, -0.2) is 0 Å². The molecule has 0 aromatic carbocycles. The number of carbonyl (C=O) groups is 1. The summed E-state index contributed by atoms with van der Waals surface area (Å²) in [5.41, 5.74) is -0.579. The predicted molar refractivity (Wildman–Crippen MR) is 71.2 cm³/mol. The summed E-state index contributed by atoms with van der Waals surface area (Å²) in [6.07, 6.45) is 2.75. The van der Waals surface area contributed by atoms with Crippen LogP contribution in [-0.4, -0.2) is 59.1 Å². The minimum absolute atomic E-state index is 0.0617. The molecule has 0 bridgehead atoms. The van der Waals surface area contributed by atoms with Crippen LogP contribution in [0.1, 0.15) is 25.7 Å².